The van der Waals surface area contributed by atoms with E-state index in [1.807, 2.05) is 6.08 Å². The molecule has 0 saturated carbocycles. The number of carboxylic acid groups (broad SMARTS) is 1. The van der Waals surface area contributed by atoms with Crippen LogP contribution in [0.2, 0.25) is 0 Å². The Labute approximate surface area is 127 Å². The zero-order valence-corrected chi connectivity index (χ0v) is 12.6. The number of anilines is 1. The highest BCUT2D eigenvalue weighted by Gasteiger charge is 2.24. The first-order valence-corrected chi connectivity index (χ1v) is 7.83. The van der Waals surface area contributed by atoms with Crippen molar-refractivity contribution in [3.8, 4) is 5.75 Å². The van der Waals surface area contributed by atoms with E-state index in [0.29, 0.717) is 13.0 Å². The molecule has 1 heterocycles. The third kappa shape index (κ3) is 3.37. The van der Waals surface area contributed by atoms with E-state index in [1.54, 1.807) is 6.08 Å². The summed E-state index contributed by atoms with van der Waals surface area (Å²) in [7, 11) is -2.64. The maximum atomic E-state index is 13.7. The highest BCUT2D eigenvalue weighted by molar-refractivity contribution is 7.90. The zero-order valence-electron chi connectivity index (χ0n) is 11.7. The van der Waals surface area contributed by atoms with Crippen molar-refractivity contribution in [1.82, 2.24) is 4.31 Å². The Balaban J connectivity index is 2.34. The van der Waals surface area contributed by atoms with E-state index >= 15 is 0 Å². The predicted molar refractivity (Wildman–Crippen MR) is 77.8 cm³/mol. The molecule has 0 amide bonds. The molecule has 1 aliphatic rings. The fourth-order valence-corrected chi connectivity index (χ4v) is 3.20. The van der Waals surface area contributed by atoms with E-state index in [-0.39, 0.29) is 18.0 Å². The van der Waals surface area contributed by atoms with Gasteiger partial charge >= 0.3 is 16.2 Å². The first-order chi connectivity index (χ1) is 10.3. The minimum atomic E-state index is -3.88. The van der Waals surface area contributed by atoms with Gasteiger partial charge in [-0.2, -0.15) is 12.7 Å². The Hall–Kier alpha value is -2.13. The number of nitrogens with zero attached hydrogens (tertiary/aromatic N) is 1. The average molecular weight is 330 g/mol. The van der Waals surface area contributed by atoms with Gasteiger partial charge in [0, 0.05) is 19.2 Å². The van der Waals surface area contributed by atoms with E-state index in [4.69, 9.17) is 9.84 Å². The van der Waals surface area contributed by atoms with Gasteiger partial charge in [0.1, 0.15) is 11.6 Å². The number of hydrogen-bond acceptors (Lipinski definition) is 4. The molecule has 9 heteroatoms. The molecule has 22 heavy (non-hydrogen) atoms. The van der Waals surface area contributed by atoms with E-state index in [1.165, 1.54) is 11.4 Å². The Morgan fingerprint density at radius 1 is 1.41 bits per heavy atom. The second-order valence-corrected chi connectivity index (χ2v) is 6.23. The SMILES string of the molecule is COc1cc(C(=O)O)c(F)cc1NS(=O)(=O)N1CC=CCC1. The molecule has 2 N–H and O–H groups in total. The van der Waals surface area contributed by atoms with Gasteiger partial charge in [-0.3, -0.25) is 4.72 Å². The lowest BCUT2D eigenvalue weighted by molar-refractivity contribution is 0.0691. The van der Waals surface area contributed by atoms with Crippen LogP contribution in [0.15, 0.2) is 24.3 Å². The molecule has 0 aliphatic carbocycles. The summed E-state index contributed by atoms with van der Waals surface area (Å²) >= 11 is 0. The summed E-state index contributed by atoms with van der Waals surface area (Å²) in [6.07, 6.45) is 4.17. The molecule has 0 radical (unpaired) electrons. The van der Waals surface area contributed by atoms with Crippen LogP contribution in [-0.2, 0) is 10.2 Å². The van der Waals surface area contributed by atoms with E-state index in [9.17, 15) is 17.6 Å². The highest BCUT2D eigenvalue weighted by Crippen LogP contribution is 2.29. The van der Waals surface area contributed by atoms with Crippen molar-refractivity contribution in [2.45, 2.75) is 6.42 Å². The lowest BCUT2D eigenvalue weighted by Crippen LogP contribution is -2.38. The van der Waals surface area contributed by atoms with Gasteiger partial charge < -0.3 is 9.84 Å². The number of aromatic carboxylic acids is 1. The average Bonchev–Trinajstić information content (AvgIpc) is 2.47. The van der Waals surface area contributed by atoms with Crippen molar-refractivity contribution in [3.63, 3.8) is 0 Å². The highest BCUT2D eigenvalue weighted by atomic mass is 32.2. The molecule has 0 fully saturated rings. The number of ether oxygens (including phenoxy) is 1. The first kappa shape index (κ1) is 16.2. The molecule has 0 aromatic heterocycles. The van der Waals surface area contributed by atoms with Crippen LogP contribution in [0.5, 0.6) is 5.75 Å². The minimum absolute atomic E-state index is 0.0741. The quantitative estimate of drug-likeness (QED) is 0.797. The lowest BCUT2D eigenvalue weighted by Gasteiger charge is -2.24. The molecule has 0 spiro atoms. The van der Waals surface area contributed by atoms with Crippen molar-refractivity contribution in [2.75, 3.05) is 24.9 Å². The second-order valence-electron chi connectivity index (χ2n) is 4.56. The van der Waals surface area contributed by atoms with Gasteiger partial charge in [0.25, 0.3) is 0 Å². The summed E-state index contributed by atoms with van der Waals surface area (Å²) < 4.78 is 46.6. The van der Waals surface area contributed by atoms with Gasteiger partial charge in [-0.25, -0.2) is 9.18 Å². The van der Waals surface area contributed by atoms with E-state index < -0.39 is 27.6 Å². The van der Waals surface area contributed by atoms with Crippen molar-refractivity contribution in [2.24, 2.45) is 0 Å². The van der Waals surface area contributed by atoms with Gasteiger partial charge in [-0.05, 0) is 12.5 Å². The molecule has 1 aromatic rings. The molecule has 0 unspecified atom stereocenters. The fraction of sp³-hybridized carbons (Fsp3) is 0.308. The number of halogens is 1. The van der Waals surface area contributed by atoms with Gasteiger partial charge in [0.2, 0.25) is 0 Å². The lowest BCUT2D eigenvalue weighted by atomic mass is 10.2. The van der Waals surface area contributed by atoms with Crippen LogP contribution in [0.4, 0.5) is 10.1 Å². The van der Waals surface area contributed by atoms with Crippen LogP contribution in [0.25, 0.3) is 0 Å². The fourth-order valence-electron chi connectivity index (χ4n) is 2.01. The molecular formula is C13H15FN2O5S. The first-order valence-electron chi connectivity index (χ1n) is 6.39. The Morgan fingerprint density at radius 2 is 2.14 bits per heavy atom. The standard InChI is InChI=1S/C13H15FN2O5S/c1-21-12-7-9(13(17)18)10(14)8-11(12)15-22(19,20)16-5-3-2-4-6-16/h2-3,7-8,15H,4-6H2,1H3,(H,17,18). The van der Waals surface area contributed by atoms with E-state index in [2.05, 4.69) is 4.72 Å². The molecule has 1 aromatic carbocycles. The molecule has 0 atom stereocenters. The minimum Gasteiger partial charge on any atom is -0.495 e. The Kier molecular flexibility index (Phi) is 4.67. The summed E-state index contributed by atoms with van der Waals surface area (Å²) in [6.45, 7) is 0.525. The van der Waals surface area contributed by atoms with Crippen molar-refractivity contribution in [1.29, 1.82) is 0 Å². The van der Waals surface area contributed by atoms with Crippen LogP contribution >= 0.6 is 0 Å². The molecule has 7 nitrogen and oxygen atoms in total. The molecule has 120 valence electrons. The number of methoxy groups -OCH3 is 1. The van der Waals surface area contributed by atoms with Crippen molar-refractivity contribution >= 4 is 21.9 Å². The number of carboxylic acids is 1. The number of nitrogens with one attached hydrogen (secondary N) is 1. The monoisotopic (exact) mass is 330 g/mol. The van der Waals surface area contributed by atoms with E-state index in [0.717, 1.165) is 12.1 Å². The van der Waals surface area contributed by atoms with Gasteiger partial charge in [-0.1, -0.05) is 12.2 Å². The second kappa shape index (κ2) is 6.32. The van der Waals surface area contributed by atoms with Crippen LogP contribution < -0.4 is 9.46 Å². The summed E-state index contributed by atoms with van der Waals surface area (Å²) in [5, 5.41) is 8.86. The third-order valence-corrected chi connectivity index (χ3v) is 4.61. The molecular weight excluding hydrogens is 315 g/mol. The summed E-state index contributed by atoms with van der Waals surface area (Å²) in [6, 6.07) is 1.73. The maximum absolute atomic E-state index is 13.7. The normalized spacial score (nSPS) is 15.5. The number of carbonyl (C=O) groups is 1. The third-order valence-electron chi connectivity index (χ3n) is 3.12. The van der Waals surface area contributed by atoms with Crippen LogP contribution in [0.1, 0.15) is 16.8 Å². The molecule has 0 bridgehead atoms. The maximum Gasteiger partial charge on any atom is 0.338 e. The molecule has 0 saturated heterocycles. The van der Waals surface area contributed by atoms with Crippen LogP contribution in [0, 0.1) is 5.82 Å². The smallest absolute Gasteiger partial charge is 0.338 e. The summed E-state index contributed by atoms with van der Waals surface area (Å²) in [4.78, 5) is 10.9. The number of hydrogen-bond donors (Lipinski definition) is 2. The summed E-state index contributed by atoms with van der Waals surface area (Å²) in [5.74, 6) is -2.59. The number of rotatable bonds is 5. The van der Waals surface area contributed by atoms with Gasteiger partial charge in [0.15, 0.2) is 0 Å². The Morgan fingerprint density at radius 3 is 2.68 bits per heavy atom. The van der Waals surface area contributed by atoms with Crippen molar-refractivity contribution < 1.29 is 27.4 Å². The molecule has 1 aliphatic heterocycles. The van der Waals surface area contributed by atoms with Gasteiger partial charge in [-0.15, -0.1) is 0 Å². The van der Waals surface area contributed by atoms with Gasteiger partial charge in [0.05, 0.1) is 18.4 Å². The van der Waals surface area contributed by atoms with Crippen LogP contribution in [0.3, 0.4) is 0 Å². The summed E-state index contributed by atoms with van der Waals surface area (Å²) in [5.41, 5.74) is -0.750. The van der Waals surface area contributed by atoms with Crippen LogP contribution in [-0.4, -0.2) is 44.0 Å². The van der Waals surface area contributed by atoms with Crippen molar-refractivity contribution in [3.05, 3.63) is 35.7 Å². The topological polar surface area (TPSA) is 95.9 Å². The zero-order chi connectivity index (χ0) is 16.3. The predicted octanol–water partition coefficient (Wildman–Crippen LogP) is 1.45. The Bertz CT molecular complexity index is 717. The molecule has 2 rings (SSSR count). The number of benzene rings is 1. The largest absolute Gasteiger partial charge is 0.495 e.